The molecule has 0 radical (unpaired) electrons. The molecule has 0 aromatic carbocycles. The summed E-state index contributed by atoms with van der Waals surface area (Å²) in [5.41, 5.74) is 0.546. The van der Waals surface area contributed by atoms with Crippen LogP contribution in [0.4, 0.5) is 0 Å². The molecule has 0 saturated heterocycles. The lowest BCUT2D eigenvalue weighted by molar-refractivity contribution is 0.0690. The first-order chi connectivity index (χ1) is 8.90. The maximum Gasteiger partial charge on any atom is 0.340 e. The molecule has 0 spiro atoms. The van der Waals surface area contributed by atoms with Crippen LogP contribution in [0.5, 0.6) is 0 Å². The molecule has 1 rings (SSSR count). The van der Waals surface area contributed by atoms with E-state index in [1.165, 1.54) is 11.8 Å². The van der Waals surface area contributed by atoms with Crippen LogP contribution in [0.1, 0.15) is 55.0 Å². The highest BCUT2D eigenvalue weighted by Crippen LogP contribution is 2.29. The summed E-state index contributed by atoms with van der Waals surface area (Å²) in [6, 6.07) is 2.14. The Bertz CT molecular complexity index is 523. The minimum atomic E-state index is -1.05. The number of nitrogens with zero attached hydrogens (tertiary/aromatic N) is 3. The molecule has 1 heterocycles. The van der Waals surface area contributed by atoms with Crippen molar-refractivity contribution in [3.8, 4) is 6.07 Å². The molecule has 0 saturated carbocycles. The largest absolute Gasteiger partial charge is 0.478 e. The van der Waals surface area contributed by atoms with Gasteiger partial charge in [-0.2, -0.15) is 5.26 Å². The summed E-state index contributed by atoms with van der Waals surface area (Å²) in [6.07, 6.45) is 0.639. The topological polar surface area (TPSA) is 86.9 Å². The Morgan fingerprint density at radius 2 is 2.11 bits per heavy atom. The Balaban J connectivity index is 3.32. The molecular weight excluding hydrogens is 262 g/mol. The predicted octanol–water partition coefficient (Wildman–Crippen LogP) is 3.00. The van der Waals surface area contributed by atoms with Crippen molar-refractivity contribution in [3.05, 3.63) is 17.1 Å². The zero-order valence-electron chi connectivity index (χ0n) is 11.5. The molecule has 0 aliphatic carbocycles. The molecule has 0 fully saturated rings. The van der Waals surface area contributed by atoms with E-state index in [4.69, 9.17) is 5.26 Å². The molecule has 1 aromatic rings. The number of nitriles is 1. The van der Waals surface area contributed by atoms with Crippen LogP contribution in [0.15, 0.2) is 5.03 Å². The first-order valence-corrected chi connectivity index (χ1v) is 6.96. The van der Waals surface area contributed by atoms with Crippen LogP contribution in [-0.2, 0) is 0 Å². The second kappa shape index (κ2) is 6.53. The third-order valence-corrected chi connectivity index (χ3v) is 3.81. The van der Waals surface area contributed by atoms with Crippen LogP contribution in [0, 0.1) is 18.3 Å². The molecule has 1 atom stereocenters. The maximum atomic E-state index is 11.3. The number of hydrogen-bond donors (Lipinski definition) is 1. The lowest BCUT2D eigenvalue weighted by Gasteiger charge is -2.13. The van der Waals surface area contributed by atoms with Crippen molar-refractivity contribution in [2.45, 2.75) is 50.3 Å². The predicted molar refractivity (Wildman–Crippen MR) is 73.4 cm³/mol. The molecule has 0 aliphatic rings. The number of aromatic nitrogens is 2. The van der Waals surface area contributed by atoms with Gasteiger partial charge in [-0.3, -0.25) is 0 Å². The van der Waals surface area contributed by atoms with E-state index >= 15 is 0 Å². The van der Waals surface area contributed by atoms with E-state index in [0.717, 1.165) is 0 Å². The van der Waals surface area contributed by atoms with Crippen LogP contribution in [0.25, 0.3) is 0 Å². The summed E-state index contributed by atoms with van der Waals surface area (Å²) in [5, 5.41) is 18.3. The minimum Gasteiger partial charge on any atom is -0.478 e. The molecule has 5 nitrogen and oxygen atoms in total. The Hall–Kier alpha value is -1.61. The summed E-state index contributed by atoms with van der Waals surface area (Å²) < 4.78 is 0. The van der Waals surface area contributed by atoms with Crippen molar-refractivity contribution in [2.24, 2.45) is 0 Å². The van der Waals surface area contributed by atoms with Gasteiger partial charge >= 0.3 is 5.97 Å². The smallest absolute Gasteiger partial charge is 0.340 e. The van der Waals surface area contributed by atoms with Gasteiger partial charge in [-0.05, 0) is 13.3 Å². The monoisotopic (exact) mass is 279 g/mol. The second-order valence-corrected chi connectivity index (χ2v) is 5.64. The summed E-state index contributed by atoms with van der Waals surface area (Å²) in [6.45, 7) is 7.45. The van der Waals surface area contributed by atoms with E-state index in [1.54, 1.807) is 6.92 Å². The fourth-order valence-electron chi connectivity index (χ4n) is 1.49. The van der Waals surface area contributed by atoms with E-state index in [9.17, 15) is 9.90 Å². The average molecular weight is 279 g/mol. The molecule has 6 heteroatoms. The van der Waals surface area contributed by atoms with E-state index < -0.39 is 5.97 Å². The number of carboxylic acids is 1. The van der Waals surface area contributed by atoms with Gasteiger partial charge in [0.05, 0.1) is 17.0 Å². The van der Waals surface area contributed by atoms with Crippen molar-refractivity contribution < 1.29 is 9.90 Å². The molecule has 102 valence electrons. The molecule has 1 N–H and O–H groups in total. The van der Waals surface area contributed by atoms with Crippen molar-refractivity contribution in [1.29, 1.82) is 5.26 Å². The molecule has 19 heavy (non-hydrogen) atoms. The van der Waals surface area contributed by atoms with Crippen molar-refractivity contribution in [2.75, 3.05) is 0 Å². The van der Waals surface area contributed by atoms with E-state index in [0.29, 0.717) is 23.0 Å². The summed E-state index contributed by atoms with van der Waals surface area (Å²) in [4.78, 5) is 19.8. The van der Waals surface area contributed by atoms with Gasteiger partial charge in [-0.1, -0.05) is 32.5 Å². The van der Waals surface area contributed by atoms with Crippen molar-refractivity contribution in [1.82, 2.24) is 9.97 Å². The van der Waals surface area contributed by atoms with Gasteiger partial charge in [0.15, 0.2) is 0 Å². The highest BCUT2D eigenvalue weighted by molar-refractivity contribution is 8.00. The van der Waals surface area contributed by atoms with E-state index in [-0.39, 0.29) is 16.7 Å². The molecular formula is C13H17N3O2S. The molecule has 1 aromatic heterocycles. The van der Waals surface area contributed by atoms with Crippen molar-refractivity contribution >= 4 is 17.7 Å². The Morgan fingerprint density at radius 1 is 1.47 bits per heavy atom. The lowest BCUT2D eigenvalue weighted by Crippen LogP contribution is -2.12. The zero-order valence-corrected chi connectivity index (χ0v) is 12.3. The van der Waals surface area contributed by atoms with Crippen molar-refractivity contribution in [3.63, 3.8) is 0 Å². The number of carboxylic acid groups (broad SMARTS) is 1. The standard InChI is InChI=1S/C13H17N3O2S/c1-5-9(6-14)19-12-10(13(17)18)8(4)15-11(16-12)7(2)3/h7,9H,5H2,1-4H3,(H,17,18). The Kier molecular flexibility index (Phi) is 5.31. The second-order valence-electron chi connectivity index (χ2n) is 4.45. The molecule has 0 bridgehead atoms. The normalized spacial score (nSPS) is 12.2. The third-order valence-electron chi connectivity index (χ3n) is 2.57. The minimum absolute atomic E-state index is 0.100. The number of carbonyl (C=O) groups is 1. The van der Waals surface area contributed by atoms with Gasteiger partial charge in [0.2, 0.25) is 0 Å². The third kappa shape index (κ3) is 3.67. The van der Waals surface area contributed by atoms with Gasteiger partial charge < -0.3 is 5.11 Å². The van der Waals surface area contributed by atoms with Gasteiger partial charge in [0.25, 0.3) is 0 Å². The number of thioether (sulfide) groups is 1. The zero-order chi connectivity index (χ0) is 14.6. The molecule has 0 aliphatic heterocycles. The first-order valence-electron chi connectivity index (χ1n) is 6.08. The number of hydrogen-bond acceptors (Lipinski definition) is 5. The molecule has 1 unspecified atom stereocenters. The first kappa shape index (κ1) is 15.4. The fraction of sp³-hybridized carbons (Fsp3) is 0.538. The average Bonchev–Trinajstić information content (AvgIpc) is 2.34. The van der Waals surface area contributed by atoms with Gasteiger partial charge in [-0.25, -0.2) is 14.8 Å². The van der Waals surface area contributed by atoms with Gasteiger partial charge in [0, 0.05) is 5.92 Å². The summed E-state index contributed by atoms with van der Waals surface area (Å²) in [5.74, 6) is -0.330. The Morgan fingerprint density at radius 3 is 2.53 bits per heavy atom. The fourth-order valence-corrected chi connectivity index (χ4v) is 2.48. The van der Waals surface area contributed by atoms with Crippen LogP contribution < -0.4 is 0 Å². The summed E-state index contributed by atoms with van der Waals surface area (Å²) in [7, 11) is 0. The highest BCUT2D eigenvalue weighted by atomic mass is 32.2. The van der Waals surface area contributed by atoms with Crippen LogP contribution >= 0.6 is 11.8 Å². The van der Waals surface area contributed by atoms with Crippen LogP contribution in [0.3, 0.4) is 0 Å². The molecule has 0 amide bonds. The lowest BCUT2D eigenvalue weighted by atomic mass is 10.2. The van der Waals surface area contributed by atoms with E-state index in [2.05, 4.69) is 16.0 Å². The van der Waals surface area contributed by atoms with Crippen LogP contribution in [-0.4, -0.2) is 26.3 Å². The highest BCUT2D eigenvalue weighted by Gasteiger charge is 2.21. The van der Waals surface area contributed by atoms with Gasteiger partial charge in [-0.15, -0.1) is 0 Å². The maximum absolute atomic E-state index is 11.3. The number of rotatable bonds is 5. The summed E-state index contributed by atoms with van der Waals surface area (Å²) >= 11 is 1.20. The number of aromatic carboxylic acids is 1. The van der Waals surface area contributed by atoms with Gasteiger partial charge in [0.1, 0.15) is 16.4 Å². The SMILES string of the molecule is CCC(C#N)Sc1nc(C(C)C)nc(C)c1C(=O)O. The van der Waals surface area contributed by atoms with Crippen LogP contribution in [0.2, 0.25) is 0 Å². The Labute approximate surface area is 117 Å². The van der Waals surface area contributed by atoms with E-state index in [1.807, 2.05) is 20.8 Å². The quantitative estimate of drug-likeness (QED) is 0.658. The number of aryl methyl sites for hydroxylation is 1.